The maximum absolute atomic E-state index is 12.5. The summed E-state index contributed by atoms with van der Waals surface area (Å²) in [5.41, 5.74) is 6.05. The molecule has 4 heteroatoms. The molecule has 0 aliphatic heterocycles. The first kappa shape index (κ1) is 19.1. The van der Waals surface area contributed by atoms with Crippen LogP contribution in [0.5, 0.6) is 0 Å². The molecule has 0 spiro atoms. The van der Waals surface area contributed by atoms with Gasteiger partial charge in [-0.2, -0.15) is 0 Å². The number of rotatable bonds is 5. The van der Waals surface area contributed by atoms with Crippen molar-refractivity contribution in [3.8, 4) is 11.3 Å². The van der Waals surface area contributed by atoms with E-state index in [4.69, 9.17) is 9.97 Å². The van der Waals surface area contributed by atoms with Gasteiger partial charge < -0.3 is 5.32 Å². The van der Waals surface area contributed by atoms with Crippen LogP contribution in [0.15, 0.2) is 54.6 Å². The van der Waals surface area contributed by atoms with E-state index >= 15 is 0 Å². The molecule has 1 aliphatic carbocycles. The Kier molecular flexibility index (Phi) is 5.52. The van der Waals surface area contributed by atoms with Gasteiger partial charge in [0.25, 0.3) is 0 Å². The second kappa shape index (κ2) is 8.39. The highest BCUT2D eigenvalue weighted by Gasteiger charge is 2.22. The van der Waals surface area contributed by atoms with E-state index in [1.807, 2.05) is 62.4 Å². The molecule has 146 valence electrons. The van der Waals surface area contributed by atoms with Crippen molar-refractivity contribution < 1.29 is 4.79 Å². The molecule has 1 heterocycles. The summed E-state index contributed by atoms with van der Waals surface area (Å²) in [4.78, 5) is 22.3. The largest absolute Gasteiger partial charge is 0.309 e. The molecule has 0 saturated carbocycles. The zero-order chi connectivity index (χ0) is 20.2. The molecular formula is C25H25N3O. The predicted octanol–water partition coefficient (Wildman–Crippen LogP) is 5.40. The first-order chi connectivity index (χ1) is 14.2. The summed E-state index contributed by atoms with van der Waals surface area (Å²) >= 11 is 0. The third-order valence-corrected chi connectivity index (χ3v) is 5.43. The fraction of sp³-hybridized carbons (Fsp3) is 0.240. The van der Waals surface area contributed by atoms with Crippen molar-refractivity contribution in [2.75, 3.05) is 5.32 Å². The summed E-state index contributed by atoms with van der Waals surface area (Å²) in [6.45, 7) is 3.94. The maximum atomic E-state index is 12.5. The molecular weight excluding hydrogens is 358 g/mol. The number of benzene rings is 2. The highest BCUT2D eigenvalue weighted by Crippen LogP contribution is 2.33. The van der Waals surface area contributed by atoms with E-state index in [0.29, 0.717) is 11.5 Å². The van der Waals surface area contributed by atoms with Crippen molar-refractivity contribution in [1.82, 2.24) is 9.97 Å². The summed E-state index contributed by atoms with van der Waals surface area (Å²) in [6, 6.07) is 18.4. The fourth-order valence-electron chi connectivity index (χ4n) is 3.47. The second-order valence-electron chi connectivity index (χ2n) is 7.45. The van der Waals surface area contributed by atoms with Crippen LogP contribution in [0.3, 0.4) is 0 Å². The monoisotopic (exact) mass is 383 g/mol. The summed E-state index contributed by atoms with van der Waals surface area (Å²) < 4.78 is 0. The molecule has 1 N–H and O–H groups in total. The van der Waals surface area contributed by atoms with Gasteiger partial charge in [-0.3, -0.25) is 4.79 Å². The summed E-state index contributed by atoms with van der Waals surface area (Å²) in [6.07, 6.45) is 6.49. The number of aromatic nitrogens is 2. The van der Waals surface area contributed by atoms with E-state index in [1.165, 1.54) is 5.56 Å². The van der Waals surface area contributed by atoms with Crippen LogP contribution in [-0.2, 0) is 17.6 Å². The number of carbonyl (C=O) groups is 1. The van der Waals surface area contributed by atoms with Gasteiger partial charge in [-0.1, -0.05) is 74.5 Å². The molecule has 0 fully saturated rings. The Morgan fingerprint density at radius 2 is 1.79 bits per heavy atom. The predicted molar refractivity (Wildman–Crippen MR) is 118 cm³/mol. The summed E-state index contributed by atoms with van der Waals surface area (Å²) in [5, 5.41) is 3.01. The van der Waals surface area contributed by atoms with Crippen LogP contribution in [0.1, 0.15) is 42.8 Å². The van der Waals surface area contributed by atoms with Crippen LogP contribution in [0.4, 0.5) is 5.82 Å². The number of anilines is 1. The molecule has 1 atom stereocenters. The lowest BCUT2D eigenvalue weighted by atomic mass is 9.92. The normalized spacial score (nSPS) is 13.6. The minimum atomic E-state index is -0.0699. The Bertz CT molecular complexity index is 1060. The van der Waals surface area contributed by atoms with Gasteiger partial charge in [0.1, 0.15) is 5.69 Å². The van der Waals surface area contributed by atoms with Gasteiger partial charge in [-0.25, -0.2) is 9.97 Å². The average molecular weight is 383 g/mol. The number of aryl methyl sites for hydroxylation is 2. The molecule has 0 radical (unpaired) electrons. The highest BCUT2D eigenvalue weighted by atomic mass is 16.1. The lowest BCUT2D eigenvalue weighted by Crippen LogP contribution is -2.22. The molecule has 1 aliphatic rings. The number of nitrogens with zero attached hydrogens (tertiary/aromatic N) is 2. The van der Waals surface area contributed by atoms with Crippen molar-refractivity contribution in [3.63, 3.8) is 0 Å². The van der Waals surface area contributed by atoms with Crippen LogP contribution in [0.25, 0.3) is 23.4 Å². The highest BCUT2D eigenvalue weighted by molar-refractivity contribution is 5.93. The molecule has 1 unspecified atom stereocenters. The van der Waals surface area contributed by atoms with E-state index in [9.17, 15) is 4.79 Å². The van der Waals surface area contributed by atoms with E-state index in [0.717, 1.165) is 41.8 Å². The van der Waals surface area contributed by atoms with Crippen molar-refractivity contribution >= 4 is 23.9 Å². The topological polar surface area (TPSA) is 54.9 Å². The van der Waals surface area contributed by atoms with Gasteiger partial charge in [0.05, 0.1) is 11.4 Å². The Hall–Kier alpha value is -3.27. The molecule has 4 nitrogen and oxygen atoms in total. The Balaban J connectivity index is 1.78. The molecule has 1 amide bonds. The average Bonchev–Trinajstić information content (AvgIpc) is 2.77. The molecule has 3 aromatic rings. The molecule has 0 saturated heterocycles. The van der Waals surface area contributed by atoms with E-state index in [2.05, 4.69) is 23.5 Å². The number of nitrogens with one attached hydrogen (secondary N) is 1. The number of hydrogen-bond donors (Lipinski definition) is 1. The lowest BCUT2D eigenvalue weighted by Gasteiger charge is -2.20. The third-order valence-electron chi connectivity index (χ3n) is 5.43. The van der Waals surface area contributed by atoms with Gasteiger partial charge in [0, 0.05) is 11.5 Å². The maximum Gasteiger partial charge on any atom is 0.228 e. The Labute approximate surface area is 171 Å². The van der Waals surface area contributed by atoms with Crippen LogP contribution in [0.2, 0.25) is 0 Å². The minimum Gasteiger partial charge on any atom is -0.309 e. The van der Waals surface area contributed by atoms with Crippen LogP contribution in [0, 0.1) is 5.92 Å². The van der Waals surface area contributed by atoms with Gasteiger partial charge in [-0.15, -0.1) is 0 Å². The zero-order valence-electron chi connectivity index (χ0n) is 16.9. The fourth-order valence-corrected chi connectivity index (χ4v) is 3.47. The van der Waals surface area contributed by atoms with Gasteiger partial charge in [0.15, 0.2) is 5.82 Å². The van der Waals surface area contributed by atoms with Gasteiger partial charge >= 0.3 is 0 Å². The Morgan fingerprint density at radius 3 is 2.59 bits per heavy atom. The van der Waals surface area contributed by atoms with Crippen molar-refractivity contribution in [3.05, 3.63) is 77.1 Å². The van der Waals surface area contributed by atoms with Crippen molar-refractivity contribution in [2.24, 2.45) is 5.92 Å². The summed E-state index contributed by atoms with van der Waals surface area (Å²) in [5.74, 6) is 0.451. The van der Waals surface area contributed by atoms with E-state index < -0.39 is 0 Å². The summed E-state index contributed by atoms with van der Waals surface area (Å²) in [7, 11) is 0. The second-order valence-corrected chi connectivity index (χ2v) is 7.45. The number of fused-ring (bicyclic) bond motifs is 3. The zero-order valence-corrected chi connectivity index (χ0v) is 16.9. The molecule has 4 rings (SSSR count). The quantitative estimate of drug-likeness (QED) is 0.642. The molecule has 2 aromatic carbocycles. The number of carbonyl (C=O) groups excluding carboxylic acids is 1. The minimum absolute atomic E-state index is 0.0210. The molecule has 0 bridgehead atoms. The lowest BCUT2D eigenvalue weighted by molar-refractivity contribution is -0.119. The number of amides is 1. The van der Waals surface area contributed by atoms with Gasteiger partial charge in [0.2, 0.25) is 5.91 Å². The third kappa shape index (κ3) is 4.11. The smallest absolute Gasteiger partial charge is 0.228 e. The standard InChI is InChI=1S/C25H25N3O/c1-3-17(2)25(29)28-24-22(15-13-18-9-5-4-6-10-18)26-23-20-12-8-7-11-19(20)14-16-21(23)27-24/h4-13,15,17H,3,14,16H2,1-2H3,(H,27,28,29)/b15-13+. The Morgan fingerprint density at radius 1 is 1.03 bits per heavy atom. The number of hydrogen-bond acceptors (Lipinski definition) is 3. The first-order valence-corrected chi connectivity index (χ1v) is 10.2. The van der Waals surface area contributed by atoms with Crippen LogP contribution in [-0.4, -0.2) is 15.9 Å². The van der Waals surface area contributed by atoms with Crippen LogP contribution >= 0.6 is 0 Å². The van der Waals surface area contributed by atoms with E-state index in [1.54, 1.807) is 0 Å². The SMILES string of the molecule is CCC(C)C(=O)Nc1nc2c(nc1/C=C/c1ccccc1)-c1ccccc1CC2. The molecule has 29 heavy (non-hydrogen) atoms. The molecule has 1 aromatic heterocycles. The van der Waals surface area contributed by atoms with Gasteiger partial charge in [-0.05, 0) is 36.5 Å². The van der Waals surface area contributed by atoms with Crippen LogP contribution < -0.4 is 5.32 Å². The van der Waals surface area contributed by atoms with Crippen molar-refractivity contribution in [1.29, 1.82) is 0 Å². The van der Waals surface area contributed by atoms with E-state index in [-0.39, 0.29) is 11.8 Å². The first-order valence-electron chi connectivity index (χ1n) is 10.2. The van der Waals surface area contributed by atoms with Crippen molar-refractivity contribution in [2.45, 2.75) is 33.1 Å².